The lowest BCUT2D eigenvalue weighted by molar-refractivity contribution is -0.139. The Kier molecular flexibility index (Phi) is 10.1. The number of hydrogen-bond donors (Lipinski definition) is 1. The lowest BCUT2D eigenvalue weighted by atomic mass is 9.95. The third-order valence-electron chi connectivity index (χ3n) is 5.92. The van der Waals surface area contributed by atoms with Crippen LogP contribution < -0.4 is 5.32 Å². The van der Waals surface area contributed by atoms with Crippen LogP contribution >= 0.6 is 39.3 Å². The first-order chi connectivity index (χ1) is 15.8. The Morgan fingerprint density at radius 1 is 1.18 bits per heavy atom. The van der Waals surface area contributed by atoms with Crippen molar-refractivity contribution in [1.82, 2.24) is 10.2 Å². The molecule has 33 heavy (non-hydrogen) atoms. The molecule has 1 aliphatic carbocycles. The number of amides is 2. The van der Waals surface area contributed by atoms with E-state index in [2.05, 4.69) is 21.2 Å². The number of rotatable bonds is 9. The number of carbonyl (C=O) groups is 2. The van der Waals surface area contributed by atoms with Crippen LogP contribution in [0.1, 0.15) is 50.2 Å². The average Bonchev–Trinajstić information content (AvgIpc) is 2.80. The minimum absolute atomic E-state index is 0.127. The Labute approximate surface area is 212 Å². The van der Waals surface area contributed by atoms with Crippen LogP contribution in [0.15, 0.2) is 46.9 Å². The first kappa shape index (κ1) is 26.0. The quantitative estimate of drug-likeness (QED) is 0.393. The molecule has 1 saturated carbocycles. The fraction of sp³-hybridized carbons (Fsp3) is 0.440. The second-order valence-electron chi connectivity index (χ2n) is 8.36. The summed E-state index contributed by atoms with van der Waals surface area (Å²) in [7, 11) is 0. The van der Waals surface area contributed by atoms with Gasteiger partial charge >= 0.3 is 0 Å². The van der Waals surface area contributed by atoms with Crippen LogP contribution in [0, 0.1) is 5.82 Å². The van der Waals surface area contributed by atoms with Crippen LogP contribution in [-0.4, -0.2) is 34.6 Å². The lowest BCUT2D eigenvalue weighted by Crippen LogP contribution is -2.50. The molecule has 1 unspecified atom stereocenters. The maximum absolute atomic E-state index is 14.1. The van der Waals surface area contributed by atoms with Crippen molar-refractivity contribution in [3.05, 3.63) is 68.9 Å². The second-order valence-corrected chi connectivity index (χ2v) is 10.7. The summed E-state index contributed by atoms with van der Waals surface area (Å²) in [6.45, 7) is 2.10. The molecular formula is C25H29BrClFN2O2S. The van der Waals surface area contributed by atoms with Crippen molar-refractivity contribution in [2.24, 2.45) is 0 Å². The van der Waals surface area contributed by atoms with Gasteiger partial charge in [0.05, 0.1) is 5.75 Å². The van der Waals surface area contributed by atoms with Crippen LogP contribution in [0.2, 0.25) is 5.02 Å². The molecule has 1 N–H and O–H groups in total. The summed E-state index contributed by atoms with van der Waals surface area (Å²) in [5.74, 6) is -0.264. The molecule has 2 aromatic rings. The van der Waals surface area contributed by atoms with Gasteiger partial charge in [0.15, 0.2) is 0 Å². The highest BCUT2D eigenvalue weighted by Crippen LogP contribution is 2.25. The monoisotopic (exact) mass is 554 g/mol. The topological polar surface area (TPSA) is 49.4 Å². The number of carbonyl (C=O) groups excluding carboxylic acids is 2. The third kappa shape index (κ3) is 7.72. The highest BCUT2D eigenvalue weighted by atomic mass is 79.9. The van der Waals surface area contributed by atoms with Gasteiger partial charge in [-0.3, -0.25) is 9.59 Å². The van der Waals surface area contributed by atoms with Crippen LogP contribution in [0.25, 0.3) is 0 Å². The summed E-state index contributed by atoms with van der Waals surface area (Å²) in [6.07, 6.45) is 5.42. The van der Waals surface area contributed by atoms with Crippen LogP contribution in [-0.2, 0) is 21.9 Å². The van der Waals surface area contributed by atoms with Crippen molar-refractivity contribution in [3.63, 3.8) is 0 Å². The summed E-state index contributed by atoms with van der Waals surface area (Å²) in [4.78, 5) is 27.8. The van der Waals surface area contributed by atoms with Crippen LogP contribution in [0.4, 0.5) is 4.39 Å². The van der Waals surface area contributed by atoms with E-state index in [-0.39, 0.29) is 35.2 Å². The van der Waals surface area contributed by atoms with E-state index in [1.165, 1.54) is 24.2 Å². The Morgan fingerprint density at radius 3 is 2.55 bits per heavy atom. The van der Waals surface area contributed by atoms with Gasteiger partial charge in [-0.15, -0.1) is 11.8 Å². The summed E-state index contributed by atoms with van der Waals surface area (Å²) >= 11 is 10.8. The first-order valence-electron chi connectivity index (χ1n) is 11.2. The van der Waals surface area contributed by atoms with Gasteiger partial charge in [-0.25, -0.2) is 4.39 Å². The minimum atomic E-state index is -0.610. The number of benzene rings is 2. The zero-order chi connectivity index (χ0) is 23.8. The molecule has 8 heteroatoms. The summed E-state index contributed by atoms with van der Waals surface area (Å²) in [5, 5.41) is 3.48. The molecule has 1 aliphatic rings. The highest BCUT2D eigenvalue weighted by molar-refractivity contribution is 9.10. The second kappa shape index (κ2) is 12.8. The van der Waals surface area contributed by atoms with E-state index in [1.807, 2.05) is 24.3 Å². The number of thioether (sulfide) groups is 1. The fourth-order valence-corrected chi connectivity index (χ4v) is 5.44. The van der Waals surface area contributed by atoms with Gasteiger partial charge in [-0.05, 0) is 49.6 Å². The van der Waals surface area contributed by atoms with E-state index in [0.717, 1.165) is 35.7 Å². The molecule has 1 fully saturated rings. The Morgan fingerprint density at radius 2 is 1.88 bits per heavy atom. The van der Waals surface area contributed by atoms with Crippen LogP contribution in [0.3, 0.4) is 0 Å². The average molecular weight is 556 g/mol. The van der Waals surface area contributed by atoms with E-state index in [0.29, 0.717) is 17.1 Å². The molecular weight excluding hydrogens is 527 g/mol. The molecule has 0 spiro atoms. The van der Waals surface area contributed by atoms with E-state index in [4.69, 9.17) is 11.6 Å². The van der Waals surface area contributed by atoms with E-state index >= 15 is 0 Å². The SMILES string of the molecule is CC(C(=O)NC1CCCCC1)N(Cc1ccc(Br)cc1)C(=O)CSCc1c(F)cccc1Cl. The van der Waals surface area contributed by atoms with Gasteiger partial charge in [-0.1, -0.05) is 65.0 Å². The standard InChI is InChI=1S/C25H29BrClFN2O2S/c1-17(25(32)29-20-6-3-2-4-7-20)30(14-18-10-12-19(26)13-11-18)24(31)16-33-15-21-22(27)8-5-9-23(21)28/h5,8-13,17,20H,2-4,6-7,14-16H2,1H3,(H,29,32). The molecule has 0 aliphatic heterocycles. The molecule has 1 atom stereocenters. The molecule has 2 aromatic carbocycles. The molecule has 0 heterocycles. The Bertz CT molecular complexity index is 934. The summed E-state index contributed by atoms with van der Waals surface area (Å²) in [6, 6.07) is 11.8. The molecule has 0 radical (unpaired) electrons. The first-order valence-corrected chi connectivity index (χ1v) is 13.5. The maximum atomic E-state index is 14.1. The maximum Gasteiger partial charge on any atom is 0.242 e. The Balaban J connectivity index is 1.67. The fourth-order valence-electron chi connectivity index (χ4n) is 3.93. The number of halogens is 3. The van der Waals surface area contributed by atoms with Crippen molar-refractivity contribution in [2.75, 3.05) is 5.75 Å². The van der Waals surface area contributed by atoms with Crippen molar-refractivity contribution in [3.8, 4) is 0 Å². The van der Waals surface area contributed by atoms with E-state index < -0.39 is 6.04 Å². The van der Waals surface area contributed by atoms with Gasteiger partial charge in [0, 0.05) is 33.4 Å². The Hall–Kier alpha value is -1.57. The number of hydrogen-bond acceptors (Lipinski definition) is 3. The largest absolute Gasteiger partial charge is 0.352 e. The summed E-state index contributed by atoms with van der Waals surface area (Å²) in [5.41, 5.74) is 1.32. The van der Waals surface area contributed by atoms with Crippen molar-refractivity contribution < 1.29 is 14.0 Å². The molecule has 4 nitrogen and oxygen atoms in total. The van der Waals surface area contributed by atoms with Crippen molar-refractivity contribution in [1.29, 1.82) is 0 Å². The van der Waals surface area contributed by atoms with E-state index in [1.54, 1.807) is 24.0 Å². The van der Waals surface area contributed by atoms with Crippen molar-refractivity contribution in [2.45, 2.75) is 63.4 Å². The smallest absolute Gasteiger partial charge is 0.242 e. The zero-order valence-electron chi connectivity index (χ0n) is 18.7. The lowest BCUT2D eigenvalue weighted by Gasteiger charge is -2.31. The molecule has 178 valence electrons. The normalized spacial score (nSPS) is 15.2. The van der Waals surface area contributed by atoms with Gasteiger partial charge < -0.3 is 10.2 Å². The summed E-state index contributed by atoms with van der Waals surface area (Å²) < 4.78 is 15.0. The third-order valence-corrected chi connectivity index (χ3v) is 7.75. The predicted octanol–water partition coefficient (Wildman–Crippen LogP) is 6.34. The van der Waals surface area contributed by atoms with Gasteiger partial charge in [0.25, 0.3) is 0 Å². The minimum Gasteiger partial charge on any atom is -0.352 e. The predicted molar refractivity (Wildman–Crippen MR) is 137 cm³/mol. The molecule has 3 rings (SSSR count). The molecule has 0 saturated heterocycles. The highest BCUT2D eigenvalue weighted by Gasteiger charge is 2.28. The molecule has 2 amide bonds. The molecule has 0 aromatic heterocycles. The van der Waals surface area contributed by atoms with E-state index in [9.17, 15) is 14.0 Å². The van der Waals surface area contributed by atoms with Gasteiger partial charge in [-0.2, -0.15) is 0 Å². The van der Waals surface area contributed by atoms with Crippen LogP contribution in [0.5, 0.6) is 0 Å². The number of nitrogens with one attached hydrogen (secondary N) is 1. The van der Waals surface area contributed by atoms with Gasteiger partial charge in [0.1, 0.15) is 11.9 Å². The van der Waals surface area contributed by atoms with Gasteiger partial charge in [0.2, 0.25) is 11.8 Å². The molecule has 0 bridgehead atoms. The van der Waals surface area contributed by atoms with Crippen molar-refractivity contribution >= 4 is 51.1 Å². The number of nitrogens with zero attached hydrogens (tertiary/aromatic N) is 1. The zero-order valence-corrected chi connectivity index (χ0v) is 21.8.